The standard InChI is InChI=1S/C17H33N3O2S/c1-5-18-16(19-12-15-9-7-6-8-14(15)2)20-10-11-23(21,22)17(3,4)13-20/h14-15H,5-13H2,1-4H3,(H,18,19). The number of hydrogen-bond donors (Lipinski definition) is 1. The minimum Gasteiger partial charge on any atom is -0.357 e. The number of guanidine groups is 1. The molecule has 0 aromatic carbocycles. The molecule has 134 valence electrons. The van der Waals surface area contributed by atoms with Crippen LogP contribution in [0.3, 0.4) is 0 Å². The Labute approximate surface area is 141 Å². The van der Waals surface area contributed by atoms with E-state index in [-0.39, 0.29) is 5.75 Å². The Morgan fingerprint density at radius 3 is 2.61 bits per heavy atom. The highest BCUT2D eigenvalue weighted by Gasteiger charge is 2.41. The third-order valence-corrected chi connectivity index (χ3v) is 7.98. The monoisotopic (exact) mass is 343 g/mol. The topological polar surface area (TPSA) is 61.8 Å². The summed E-state index contributed by atoms with van der Waals surface area (Å²) in [5.41, 5.74) is 0. The molecule has 2 atom stereocenters. The van der Waals surface area contributed by atoms with Crippen molar-refractivity contribution >= 4 is 15.8 Å². The minimum absolute atomic E-state index is 0.213. The van der Waals surface area contributed by atoms with Crippen molar-refractivity contribution in [2.24, 2.45) is 16.8 Å². The summed E-state index contributed by atoms with van der Waals surface area (Å²) in [6.45, 7) is 10.8. The number of sulfone groups is 1. The largest absolute Gasteiger partial charge is 0.357 e. The summed E-state index contributed by atoms with van der Waals surface area (Å²) in [7, 11) is -3.01. The van der Waals surface area contributed by atoms with Crippen LogP contribution >= 0.6 is 0 Å². The van der Waals surface area contributed by atoms with E-state index >= 15 is 0 Å². The Kier molecular flexibility index (Phi) is 5.98. The van der Waals surface area contributed by atoms with E-state index in [0.29, 0.717) is 19.0 Å². The average molecular weight is 344 g/mol. The first-order chi connectivity index (χ1) is 10.8. The van der Waals surface area contributed by atoms with Crippen molar-refractivity contribution in [3.63, 3.8) is 0 Å². The maximum Gasteiger partial charge on any atom is 0.194 e. The van der Waals surface area contributed by atoms with Crippen LogP contribution in [0.4, 0.5) is 0 Å². The Morgan fingerprint density at radius 2 is 2.00 bits per heavy atom. The van der Waals surface area contributed by atoms with Crippen LogP contribution in [0, 0.1) is 11.8 Å². The van der Waals surface area contributed by atoms with E-state index in [1.807, 2.05) is 13.8 Å². The fraction of sp³-hybridized carbons (Fsp3) is 0.941. The number of rotatable bonds is 3. The highest BCUT2D eigenvalue weighted by atomic mass is 32.2. The predicted octanol–water partition coefficient (Wildman–Crippen LogP) is 2.29. The molecule has 5 nitrogen and oxygen atoms in total. The lowest BCUT2D eigenvalue weighted by Crippen LogP contribution is -2.57. The van der Waals surface area contributed by atoms with Crippen LogP contribution in [-0.2, 0) is 9.84 Å². The van der Waals surface area contributed by atoms with Crippen molar-refractivity contribution in [1.82, 2.24) is 10.2 Å². The first-order valence-corrected chi connectivity index (χ1v) is 10.7. The van der Waals surface area contributed by atoms with Crippen molar-refractivity contribution < 1.29 is 8.42 Å². The van der Waals surface area contributed by atoms with Crippen molar-refractivity contribution in [3.8, 4) is 0 Å². The summed E-state index contributed by atoms with van der Waals surface area (Å²) >= 11 is 0. The van der Waals surface area contributed by atoms with Crippen LogP contribution in [0.15, 0.2) is 4.99 Å². The molecule has 0 spiro atoms. The average Bonchev–Trinajstić information content (AvgIpc) is 2.48. The quantitative estimate of drug-likeness (QED) is 0.631. The second-order valence-electron chi connectivity index (χ2n) is 7.72. The Hall–Kier alpha value is -0.780. The van der Waals surface area contributed by atoms with Crippen LogP contribution in [0.2, 0.25) is 0 Å². The lowest BCUT2D eigenvalue weighted by Gasteiger charge is -2.39. The van der Waals surface area contributed by atoms with Gasteiger partial charge in [-0.3, -0.25) is 4.99 Å². The second kappa shape index (κ2) is 7.41. The fourth-order valence-electron chi connectivity index (χ4n) is 3.62. The van der Waals surface area contributed by atoms with Crippen LogP contribution in [0.25, 0.3) is 0 Å². The van der Waals surface area contributed by atoms with E-state index < -0.39 is 14.6 Å². The number of aliphatic imine (C=N–C) groups is 1. The van der Waals surface area contributed by atoms with Gasteiger partial charge >= 0.3 is 0 Å². The molecule has 2 rings (SSSR count). The summed E-state index contributed by atoms with van der Waals surface area (Å²) in [5.74, 6) is 2.50. The normalized spacial score (nSPS) is 31.0. The predicted molar refractivity (Wildman–Crippen MR) is 96.5 cm³/mol. The zero-order valence-corrected chi connectivity index (χ0v) is 16.0. The van der Waals surface area contributed by atoms with Gasteiger partial charge in [0.05, 0.1) is 10.5 Å². The van der Waals surface area contributed by atoms with Gasteiger partial charge in [-0.25, -0.2) is 8.42 Å². The second-order valence-corrected chi connectivity index (χ2v) is 10.5. The van der Waals surface area contributed by atoms with Crippen LogP contribution in [0.1, 0.15) is 53.4 Å². The maximum atomic E-state index is 12.2. The van der Waals surface area contributed by atoms with Gasteiger partial charge in [-0.15, -0.1) is 0 Å². The number of nitrogens with zero attached hydrogens (tertiary/aromatic N) is 2. The van der Waals surface area contributed by atoms with E-state index in [1.54, 1.807) is 0 Å². The summed E-state index contributed by atoms with van der Waals surface area (Å²) in [6.07, 6.45) is 5.24. The van der Waals surface area contributed by atoms with Gasteiger partial charge in [0, 0.05) is 26.2 Å². The molecule has 6 heteroatoms. The molecule has 2 fully saturated rings. The van der Waals surface area contributed by atoms with Crippen molar-refractivity contribution in [1.29, 1.82) is 0 Å². The molecule has 1 aliphatic carbocycles. The van der Waals surface area contributed by atoms with Gasteiger partial charge in [-0.2, -0.15) is 0 Å². The van der Waals surface area contributed by atoms with Gasteiger partial charge in [-0.05, 0) is 39.0 Å². The first kappa shape index (κ1) is 18.6. The van der Waals surface area contributed by atoms with Gasteiger partial charge in [-0.1, -0.05) is 26.2 Å². The number of nitrogens with one attached hydrogen (secondary N) is 1. The molecule has 0 radical (unpaired) electrons. The SMILES string of the molecule is CCNC(=NCC1CCCCC1C)N1CCS(=O)(=O)C(C)(C)C1. The molecule has 1 N–H and O–H groups in total. The smallest absolute Gasteiger partial charge is 0.194 e. The maximum absolute atomic E-state index is 12.2. The molecule has 0 aromatic heterocycles. The van der Waals surface area contributed by atoms with Crippen LogP contribution in [0.5, 0.6) is 0 Å². The molecular formula is C17H33N3O2S. The van der Waals surface area contributed by atoms with E-state index in [0.717, 1.165) is 25.0 Å². The highest BCUT2D eigenvalue weighted by Crippen LogP contribution is 2.30. The fourth-order valence-corrected chi connectivity index (χ4v) is 4.98. The van der Waals surface area contributed by atoms with Crippen molar-refractivity contribution in [2.45, 2.75) is 58.1 Å². The van der Waals surface area contributed by atoms with Crippen molar-refractivity contribution in [2.75, 3.05) is 31.9 Å². The molecule has 0 amide bonds. The van der Waals surface area contributed by atoms with E-state index in [9.17, 15) is 8.42 Å². The molecule has 2 aliphatic rings. The molecule has 2 unspecified atom stereocenters. The molecule has 1 saturated carbocycles. The lowest BCUT2D eigenvalue weighted by atomic mass is 9.80. The van der Waals surface area contributed by atoms with Gasteiger partial charge in [0.25, 0.3) is 0 Å². The van der Waals surface area contributed by atoms with Crippen molar-refractivity contribution in [3.05, 3.63) is 0 Å². The molecule has 0 aromatic rings. The number of hydrogen-bond acceptors (Lipinski definition) is 3. The Balaban J connectivity index is 2.07. The Morgan fingerprint density at radius 1 is 1.30 bits per heavy atom. The third-order valence-electron chi connectivity index (χ3n) is 5.44. The summed E-state index contributed by atoms with van der Waals surface area (Å²) in [4.78, 5) is 6.98. The van der Waals surface area contributed by atoms with Gasteiger partial charge < -0.3 is 10.2 Å². The molecule has 23 heavy (non-hydrogen) atoms. The van der Waals surface area contributed by atoms with E-state index in [4.69, 9.17) is 4.99 Å². The van der Waals surface area contributed by atoms with Gasteiger partial charge in [0.2, 0.25) is 0 Å². The lowest BCUT2D eigenvalue weighted by molar-refractivity contribution is 0.262. The van der Waals surface area contributed by atoms with Crippen LogP contribution in [-0.4, -0.2) is 56.0 Å². The van der Waals surface area contributed by atoms with Crippen LogP contribution < -0.4 is 5.32 Å². The molecular weight excluding hydrogens is 310 g/mol. The molecule has 1 saturated heterocycles. The Bertz CT molecular complexity index is 528. The highest BCUT2D eigenvalue weighted by molar-refractivity contribution is 7.92. The zero-order chi connectivity index (χ0) is 17.1. The minimum atomic E-state index is -3.01. The summed E-state index contributed by atoms with van der Waals surface area (Å²) in [6, 6.07) is 0. The molecule has 1 aliphatic heterocycles. The first-order valence-electron chi connectivity index (χ1n) is 9.02. The summed E-state index contributed by atoms with van der Waals surface area (Å²) < 4.78 is 23.7. The zero-order valence-electron chi connectivity index (χ0n) is 15.1. The third kappa shape index (κ3) is 4.40. The summed E-state index contributed by atoms with van der Waals surface area (Å²) in [5, 5.41) is 3.35. The van der Waals surface area contributed by atoms with Gasteiger partial charge in [0.15, 0.2) is 15.8 Å². The van der Waals surface area contributed by atoms with Gasteiger partial charge in [0.1, 0.15) is 0 Å². The molecule has 1 heterocycles. The van der Waals surface area contributed by atoms with E-state index in [1.165, 1.54) is 25.7 Å². The molecule has 0 bridgehead atoms. The van der Waals surface area contributed by atoms with E-state index in [2.05, 4.69) is 24.1 Å².